The molecule has 0 saturated heterocycles. The Morgan fingerprint density at radius 2 is 1.38 bits per heavy atom. The summed E-state index contributed by atoms with van der Waals surface area (Å²) in [5.41, 5.74) is 2.37. The Labute approximate surface area is 124 Å². The lowest BCUT2D eigenvalue weighted by Crippen LogP contribution is -2.31. The minimum absolute atomic E-state index is 0.508. The predicted octanol–water partition coefficient (Wildman–Crippen LogP) is 3.26. The topological polar surface area (TPSA) is 46.6 Å². The molecule has 0 atom stereocenters. The van der Waals surface area contributed by atoms with E-state index in [1.165, 1.54) is 11.8 Å². The third-order valence-corrected chi connectivity index (χ3v) is 3.13. The molecular weight excluding hydrogens is 266 g/mol. The number of anilines is 2. The highest BCUT2D eigenvalue weighted by Crippen LogP contribution is 2.27. The van der Waals surface area contributed by atoms with Gasteiger partial charge in [0.15, 0.2) is 0 Å². The van der Waals surface area contributed by atoms with E-state index < -0.39 is 11.7 Å². The molecule has 0 aliphatic heterocycles. The molecule has 0 spiro atoms. The van der Waals surface area contributed by atoms with Gasteiger partial charge in [-0.1, -0.05) is 17.7 Å². The van der Waals surface area contributed by atoms with Gasteiger partial charge in [0.1, 0.15) is 5.75 Å². The SMILES string of the molecule is COc1ccc(N(C(=O)C(C)=O)c2ccc(C)cc2)cc1. The Kier molecular flexibility index (Phi) is 4.38. The third-order valence-electron chi connectivity index (χ3n) is 3.13. The normalized spacial score (nSPS) is 10.0. The molecule has 0 heterocycles. The number of Topliss-reactive ketones (excluding diaryl/α,β-unsaturated/α-hetero) is 1. The van der Waals surface area contributed by atoms with Crippen molar-refractivity contribution >= 4 is 23.1 Å². The number of ether oxygens (including phenoxy) is 1. The summed E-state index contributed by atoms with van der Waals surface area (Å²) in [6.07, 6.45) is 0. The van der Waals surface area contributed by atoms with Crippen LogP contribution in [0, 0.1) is 6.92 Å². The van der Waals surface area contributed by atoms with Gasteiger partial charge in [0.25, 0.3) is 5.91 Å². The van der Waals surface area contributed by atoms with Crippen molar-refractivity contribution in [3.8, 4) is 5.75 Å². The number of hydrogen-bond acceptors (Lipinski definition) is 3. The highest BCUT2D eigenvalue weighted by atomic mass is 16.5. The van der Waals surface area contributed by atoms with Crippen LogP contribution in [0.15, 0.2) is 48.5 Å². The Morgan fingerprint density at radius 3 is 1.81 bits per heavy atom. The number of ketones is 1. The van der Waals surface area contributed by atoms with Gasteiger partial charge in [-0.25, -0.2) is 0 Å². The molecule has 0 aromatic heterocycles. The molecule has 2 rings (SSSR count). The number of carbonyl (C=O) groups is 2. The lowest BCUT2D eigenvalue weighted by atomic mass is 10.1. The van der Waals surface area contributed by atoms with Gasteiger partial charge in [-0.05, 0) is 43.3 Å². The van der Waals surface area contributed by atoms with Crippen LogP contribution in [-0.2, 0) is 9.59 Å². The number of nitrogens with zero attached hydrogens (tertiary/aromatic N) is 1. The number of amides is 1. The van der Waals surface area contributed by atoms with Crippen molar-refractivity contribution in [2.75, 3.05) is 12.0 Å². The first kappa shape index (κ1) is 14.8. The second-order valence-corrected chi connectivity index (χ2v) is 4.73. The molecule has 108 valence electrons. The van der Waals surface area contributed by atoms with E-state index in [4.69, 9.17) is 4.74 Å². The quantitative estimate of drug-likeness (QED) is 0.809. The molecule has 0 bridgehead atoms. The minimum Gasteiger partial charge on any atom is -0.497 e. The van der Waals surface area contributed by atoms with E-state index in [-0.39, 0.29) is 0 Å². The van der Waals surface area contributed by atoms with Gasteiger partial charge in [0.05, 0.1) is 7.11 Å². The summed E-state index contributed by atoms with van der Waals surface area (Å²) in [6, 6.07) is 14.5. The second kappa shape index (κ2) is 6.22. The molecule has 0 radical (unpaired) electrons. The Hall–Kier alpha value is -2.62. The summed E-state index contributed by atoms with van der Waals surface area (Å²) in [5, 5.41) is 0. The number of hydrogen-bond donors (Lipinski definition) is 0. The Bertz CT molecular complexity index is 645. The van der Waals surface area contributed by atoms with Crippen molar-refractivity contribution in [1.82, 2.24) is 0 Å². The van der Waals surface area contributed by atoms with Crippen molar-refractivity contribution in [3.63, 3.8) is 0 Å². The van der Waals surface area contributed by atoms with Crippen LogP contribution >= 0.6 is 0 Å². The average Bonchev–Trinajstić information content (AvgIpc) is 2.50. The van der Waals surface area contributed by atoms with Crippen LogP contribution in [0.4, 0.5) is 11.4 Å². The van der Waals surface area contributed by atoms with E-state index in [0.717, 1.165) is 5.56 Å². The summed E-state index contributed by atoms with van der Waals surface area (Å²) < 4.78 is 5.11. The van der Waals surface area contributed by atoms with E-state index in [2.05, 4.69) is 0 Å². The first-order valence-corrected chi connectivity index (χ1v) is 6.58. The van der Waals surface area contributed by atoms with Gasteiger partial charge in [-0.15, -0.1) is 0 Å². The van der Waals surface area contributed by atoms with Crippen molar-refractivity contribution in [2.45, 2.75) is 13.8 Å². The molecule has 4 heteroatoms. The van der Waals surface area contributed by atoms with Crippen molar-refractivity contribution in [2.24, 2.45) is 0 Å². The van der Waals surface area contributed by atoms with Crippen LogP contribution in [0.3, 0.4) is 0 Å². The lowest BCUT2D eigenvalue weighted by Gasteiger charge is -2.22. The zero-order valence-electron chi connectivity index (χ0n) is 12.3. The molecular formula is C17H17NO3. The van der Waals surface area contributed by atoms with E-state index in [1.807, 2.05) is 31.2 Å². The van der Waals surface area contributed by atoms with Gasteiger partial charge < -0.3 is 4.74 Å². The maximum atomic E-state index is 12.2. The van der Waals surface area contributed by atoms with Crippen LogP contribution in [-0.4, -0.2) is 18.8 Å². The molecule has 0 saturated carbocycles. The highest BCUT2D eigenvalue weighted by molar-refractivity contribution is 6.42. The first-order chi connectivity index (χ1) is 10.0. The molecule has 0 aliphatic carbocycles. The molecule has 21 heavy (non-hydrogen) atoms. The Morgan fingerprint density at radius 1 is 0.905 bits per heavy atom. The van der Waals surface area contributed by atoms with Crippen LogP contribution < -0.4 is 9.64 Å². The van der Waals surface area contributed by atoms with Gasteiger partial charge in [0, 0.05) is 18.3 Å². The molecule has 0 aliphatic rings. The summed E-state index contributed by atoms with van der Waals surface area (Å²) in [5.74, 6) is -0.381. The smallest absolute Gasteiger partial charge is 0.298 e. The van der Waals surface area contributed by atoms with Crippen molar-refractivity contribution in [3.05, 3.63) is 54.1 Å². The molecule has 2 aromatic rings. The second-order valence-electron chi connectivity index (χ2n) is 4.73. The zero-order chi connectivity index (χ0) is 15.4. The lowest BCUT2D eigenvalue weighted by molar-refractivity contribution is -0.134. The number of carbonyl (C=O) groups excluding carboxylic acids is 2. The zero-order valence-corrected chi connectivity index (χ0v) is 12.3. The minimum atomic E-state index is -0.566. The van der Waals surface area contributed by atoms with E-state index in [0.29, 0.717) is 17.1 Å². The average molecular weight is 283 g/mol. The van der Waals surface area contributed by atoms with Crippen molar-refractivity contribution in [1.29, 1.82) is 0 Å². The monoisotopic (exact) mass is 283 g/mol. The highest BCUT2D eigenvalue weighted by Gasteiger charge is 2.21. The van der Waals surface area contributed by atoms with Gasteiger partial charge in [0.2, 0.25) is 5.78 Å². The summed E-state index contributed by atoms with van der Waals surface area (Å²) >= 11 is 0. The fourth-order valence-electron chi connectivity index (χ4n) is 1.97. The summed E-state index contributed by atoms with van der Waals surface area (Å²) in [4.78, 5) is 25.1. The first-order valence-electron chi connectivity index (χ1n) is 6.58. The largest absolute Gasteiger partial charge is 0.497 e. The molecule has 4 nitrogen and oxygen atoms in total. The third kappa shape index (κ3) is 3.28. The van der Waals surface area contributed by atoms with E-state index >= 15 is 0 Å². The maximum absolute atomic E-state index is 12.2. The summed E-state index contributed by atoms with van der Waals surface area (Å²) in [6.45, 7) is 3.24. The van der Waals surface area contributed by atoms with Gasteiger partial charge in [-0.2, -0.15) is 0 Å². The maximum Gasteiger partial charge on any atom is 0.298 e. The standard InChI is InChI=1S/C17H17NO3/c1-12-4-6-14(7-5-12)18(17(20)13(2)19)15-8-10-16(21-3)11-9-15/h4-11H,1-3H3. The fraction of sp³-hybridized carbons (Fsp3) is 0.176. The number of methoxy groups -OCH3 is 1. The fourth-order valence-corrected chi connectivity index (χ4v) is 1.97. The van der Waals surface area contributed by atoms with E-state index in [1.54, 1.807) is 31.4 Å². The van der Waals surface area contributed by atoms with E-state index in [9.17, 15) is 9.59 Å². The van der Waals surface area contributed by atoms with Crippen LogP contribution in [0.1, 0.15) is 12.5 Å². The molecule has 2 aromatic carbocycles. The molecule has 1 amide bonds. The van der Waals surface area contributed by atoms with Gasteiger partial charge in [-0.3, -0.25) is 14.5 Å². The number of aryl methyl sites for hydroxylation is 1. The van der Waals surface area contributed by atoms with Crippen LogP contribution in [0.5, 0.6) is 5.75 Å². The van der Waals surface area contributed by atoms with Gasteiger partial charge >= 0.3 is 0 Å². The number of rotatable bonds is 4. The molecule has 0 fully saturated rings. The molecule has 0 N–H and O–H groups in total. The Balaban J connectivity index is 2.47. The number of benzene rings is 2. The predicted molar refractivity (Wildman–Crippen MR) is 82.0 cm³/mol. The van der Waals surface area contributed by atoms with Crippen LogP contribution in [0.25, 0.3) is 0 Å². The summed E-state index contributed by atoms with van der Waals surface area (Å²) in [7, 11) is 1.58. The van der Waals surface area contributed by atoms with Crippen LogP contribution in [0.2, 0.25) is 0 Å². The van der Waals surface area contributed by atoms with Crippen molar-refractivity contribution < 1.29 is 14.3 Å². The molecule has 0 unspecified atom stereocenters.